The summed E-state index contributed by atoms with van der Waals surface area (Å²) in [6.07, 6.45) is 0. The largest absolute Gasteiger partial charge is 0.480 e. The van der Waals surface area contributed by atoms with E-state index in [0.717, 1.165) is 0 Å². The second-order valence-corrected chi connectivity index (χ2v) is 5.42. The van der Waals surface area contributed by atoms with Gasteiger partial charge >= 0.3 is 5.97 Å². The molecule has 2 aliphatic rings. The van der Waals surface area contributed by atoms with E-state index in [1.165, 1.54) is 16.7 Å². The highest BCUT2D eigenvalue weighted by molar-refractivity contribution is 8.02. The van der Waals surface area contributed by atoms with Gasteiger partial charge in [-0.15, -0.1) is 11.8 Å². The predicted molar refractivity (Wildman–Crippen MR) is 49.7 cm³/mol. The summed E-state index contributed by atoms with van der Waals surface area (Å²) in [7, 11) is 0. The predicted octanol–water partition coefficient (Wildman–Crippen LogP) is -0.647. The lowest BCUT2D eigenvalue weighted by molar-refractivity contribution is -0.152. The number of amides is 1. The molecule has 1 amide bonds. The average Bonchev–Trinajstić information content (AvgIpc) is 2.43. The maximum Gasteiger partial charge on any atom is 0.321 e. The van der Waals surface area contributed by atoms with Gasteiger partial charge in [0.2, 0.25) is 5.91 Å². The number of aliphatic carboxylic acids is 1. The van der Waals surface area contributed by atoms with Gasteiger partial charge in [-0.1, -0.05) is 0 Å². The van der Waals surface area contributed by atoms with Gasteiger partial charge in [0, 0.05) is 6.54 Å². The van der Waals surface area contributed by atoms with Crippen LogP contribution in [0.5, 0.6) is 0 Å². The van der Waals surface area contributed by atoms with E-state index >= 15 is 0 Å². The molecule has 0 bridgehead atoms. The number of β-lactam (4-membered cyclic amide) rings is 1. The number of fused-ring (bicyclic) bond motifs is 1. The number of carbonyl (C=O) groups excluding carboxylic acids is 1. The van der Waals surface area contributed by atoms with Crippen LogP contribution in [0, 0.1) is 5.92 Å². The van der Waals surface area contributed by atoms with Crippen LogP contribution >= 0.6 is 11.8 Å². The lowest BCUT2D eigenvalue weighted by Gasteiger charge is -2.40. The zero-order valence-electron chi connectivity index (χ0n) is 7.64. The maximum absolute atomic E-state index is 11.3. The van der Waals surface area contributed by atoms with Gasteiger partial charge in [0.1, 0.15) is 4.75 Å². The molecule has 2 saturated heterocycles. The van der Waals surface area contributed by atoms with Crippen LogP contribution < -0.4 is 0 Å². The van der Waals surface area contributed by atoms with Crippen molar-refractivity contribution in [1.29, 1.82) is 0 Å². The van der Waals surface area contributed by atoms with Crippen molar-refractivity contribution in [3.8, 4) is 0 Å². The Kier molecular flexibility index (Phi) is 2.01. The Labute approximate surface area is 85.1 Å². The standard InChI is InChI=1S/C8H11NO4S/c1-8(7(12)13)3-9-5(11)4(2-10)6(9)14-8/h4,6,10H,2-3H2,1H3,(H,12,13)/t4?,6-,8?/m1/s1. The number of hydrogen-bond donors (Lipinski definition) is 2. The third kappa shape index (κ3) is 1.07. The number of carboxylic acids is 1. The van der Waals surface area contributed by atoms with Crippen molar-refractivity contribution >= 4 is 23.6 Å². The van der Waals surface area contributed by atoms with Crippen molar-refractivity contribution in [2.45, 2.75) is 17.0 Å². The highest BCUT2D eigenvalue weighted by Gasteiger charge is 2.59. The van der Waals surface area contributed by atoms with Crippen LogP contribution in [-0.4, -0.2) is 50.3 Å². The van der Waals surface area contributed by atoms with Gasteiger partial charge in [-0.2, -0.15) is 0 Å². The summed E-state index contributed by atoms with van der Waals surface area (Å²) < 4.78 is -0.912. The fourth-order valence-electron chi connectivity index (χ4n) is 1.82. The molecule has 0 aromatic rings. The Balaban J connectivity index is 2.15. The zero-order valence-corrected chi connectivity index (χ0v) is 8.45. The second kappa shape index (κ2) is 2.87. The van der Waals surface area contributed by atoms with Crippen LogP contribution in [0.15, 0.2) is 0 Å². The Bertz CT molecular complexity index is 308. The van der Waals surface area contributed by atoms with Crippen molar-refractivity contribution in [1.82, 2.24) is 4.90 Å². The molecule has 2 aliphatic heterocycles. The van der Waals surface area contributed by atoms with E-state index in [0.29, 0.717) is 0 Å². The molecule has 0 aromatic heterocycles. The Hall–Kier alpha value is -0.750. The number of carboxylic acid groups (broad SMARTS) is 1. The summed E-state index contributed by atoms with van der Waals surface area (Å²) in [4.78, 5) is 23.8. The molecule has 0 saturated carbocycles. The summed E-state index contributed by atoms with van der Waals surface area (Å²) in [5, 5.41) is 17.7. The highest BCUT2D eigenvalue weighted by atomic mass is 32.2. The average molecular weight is 217 g/mol. The van der Waals surface area contributed by atoms with E-state index in [4.69, 9.17) is 10.2 Å². The Morgan fingerprint density at radius 2 is 2.43 bits per heavy atom. The van der Waals surface area contributed by atoms with Gasteiger partial charge in [0.05, 0.1) is 17.9 Å². The van der Waals surface area contributed by atoms with Crippen molar-refractivity contribution in [2.24, 2.45) is 5.92 Å². The molecule has 2 heterocycles. The number of thioether (sulfide) groups is 1. The van der Waals surface area contributed by atoms with Gasteiger partial charge in [-0.3, -0.25) is 9.59 Å². The van der Waals surface area contributed by atoms with E-state index in [2.05, 4.69) is 0 Å². The summed E-state index contributed by atoms with van der Waals surface area (Å²) in [6.45, 7) is 1.66. The number of aliphatic hydroxyl groups is 1. The van der Waals surface area contributed by atoms with Gasteiger partial charge in [-0.25, -0.2) is 0 Å². The molecule has 2 unspecified atom stereocenters. The van der Waals surface area contributed by atoms with Crippen LogP contribution in [0.1, 0.15) is 6.92 Å². The molecule has 0 aliphatic carbocycles. The van der Waals surface area contributed by atoms with Crippen molar-refractivity contribution in [3.63, 3.8) is 0 Å². The van der Waals surface area contributed by atoms with E-state index in [-0.39, 0.29) is 24.4 Å². The number of rotatable bonds is 2. The first-order valence-electron chi connectivity index (χ1n) is 4.32. The fraction of sp³-hybridized carbons (Fsp3) is 0.750. The van der Waals surface area contributed by atoms with Gasteiger partial charge in [0.25, 0.3) is 0 Å². The normalized spacial score (nSPS) is 40.7. The molecule has 6 heteroatoms. The Morgan fingerprint density at radius 1 is 1.79 bits per heavy atom. The third-order valence-electron chi connectivity index (χ3n) is 2.75. The molecular formula is C8H11NO4S. The maximum atomic E-state index is 11.3. The molecule has 2 N–H and O–H groups in total. The molecule has 3 atom stereocenters. The fourth-order valence-corrected chi connectivity index (χ4v) is 3.34. The SMILES string of the molecule is CC1(C(=O)O)CN2C(=O)C(CO)[C@H]2S1. The van der Waals surface area contributed by atoms with Crippen LogP contribution in [0.3, 0.4) is 0 Å². The van der Waals surface area contributed by atoms with Crippen LogP contribution in [0.2, 0.25) is 0 Å². The molecular weight excluding hydrogens is 206 g/mol. The first-order chi connectivity index (χ1) is 6.49. The highest BCUT2D eigenvalue weighted by Crippen LogP contribution is 2.49. The van der Waals surface area contributed by atoms with Crippen molar-refractivity contribution < 1.29 is 19.8 Å². The first kappa shape index (κ1) is 9.79. The molecule has 0 aromatic carbocycles. The summed E-state index contributed by atoms with van der Waals surface area (Å²) in [5.41, 5.74) is 0. The summed E-state index contributed by atoms with van der Waals surface area (Å²) >= 11 is 1.25. The molecule has 0 spiro atoms. The van der Waals surface area contributed by atoms with Crippen molar-refractivity contribution in [3.05, 3.63) is 0 Å². The van der Waals surface area contributed by atoms with Crippen LogP contribution in [0.4, 0.5) is 0 Å². The third-order valence-corrected chi connectivity index (χ3v) is 4.40. The number of hydrogen-bond acceptors (Lipinski definition) is 4. The first-order valence-corrected chi connectivity index (χ1v) is 5.20. The lowest BCUT2D eigenvalue weighted by atomic mass is 9.98. The Morgan fingerprint density at radius 3 is 2.93 bits per heavy atom. The van der Waals surface area contributed by atoms with Crippen LogP contribution in [-0.2, 0) is 9.59 Å². The van der Waals surface area contributed by atoms with E-state index < -0.39 is 16.6 Å². The molecule has 14 heavy (non-hydrogen) atoms. The monoisotopic (exact) mass is 217 g/mol. The van der Waals surface area contributed by atoms with Crippen LogP contribution in [0.25, 0.3) is 0 Å². The summed E-state index contributed by atoms with van der Waals surface area (Å²) in [6, 6.07) is 0. The van der Waals surface area contributed by atoms with E-state index in [1.807, 2.05) is 0 Å². The van der Waals surface area contributed by atoms with E-state index in [9.17, 15) is 9.59 Å². The minimum absolute atomic E-state index is 0.130. The second-order valence-electron chi connectivity index (χ2n) is 3.80. The van der Waals surface area contributed by atoms with E-state index in [1.54, 1.807) is 6.92 Å². The summed E-state index contributed by atoms with van der Waals surface area (Å²) in [5.74, 6) is -1.43. The minimum atomic E-state index is -0.912. The topological polar surface area (TPSA) is 77.8 Å². The smallest absolute Gasteiger partial charge is 0.321 e. The molecule has 0 radical (unpaired) electrons. The molecule has 5 nitrogen and oxygen atoms in total. The zero-order chi connectivity index (χ0) is 10.5. The van der Waals surface area contributed by atoms with Gasteiger partial charge in [-0.05, 0) is 6.92 Å². The number of aliphatic hydroxyl groups excluding tert-OH is 1. The molecule has 2 rings (SSSR count). The van der Waals surface area contributed by atoms with Crippen molar-refractivity contribution in [2.75, 3.05) is 13.2 Å². The number of nitrogens with zero attached hydrogens (tertiary/aromatic N) is 1. The lowest BCUT2D eigenvalue weighted by Crippen LogP contribution is -2.58. The van der Waals surface area contributed by atoms with Gasteiger partial charge in [0.15, 0.2) is 0 Å². The molecule has 78 valence electrons. The minimum Gasteiger partial charge on any atom is -0.480 e. The number of carbonyl (C=O) groups is 2. The molecule has 2 fully saturated rings. The quantitative estimate of drug-likeness (QED) is 0.601. The van der Waals surface area contributed by atoms with Gasteiger partial charge < -0.3 is 15.1 Å².